The van der Waals surface area contributed by atoms with Gasteiger partial charge in [0.05, 0.1) is 12.8 Å². The van der Waals surface area contributed by atoms with Gasteiger partial charge in [0.25, 0.3) is 0 Å². The first-order valence-corrected chi connectivity index (χ1v) is 14.8. The highest BCUT2D eigenvalue weighted by molar-refractivity contribution is 7.88. The maximum absolute atomic E-state index is 13.9. The zero-order chi connectivity index (χ0) is 28.1. The molecule has 0 aromatic heterocycles. The second-order valence-electron chi connectivity index (χ2n) is 9.37. The molecule has 1 atom stereocenters. The summed E-state index contributed by atoms with van der Waals surface area (Å²) in [7, 11) is -2.12. The van der Waals surface area contributed by atoms with E-state index in [-0.39, 0.29) is 32.0 Å². The largest absolute Gasteiger partial charge is 0.385 e. The van der Waals surface area contributed by atoms with Crippen LogP contribution in [0.5, 0.6) is 0 Å². The summed E-state index contributed by atoms with van der Waals surface area (Å²) in [6.45, 7) is 0.722. The number of amides is 2. The molecule has 3 aromatic rings. The number of nitrogens with one attached hydrogen (secondary N) is 1. The summed E-state index contributed by atoms with van der Waals surface area (Å²) in [5, 5.41) is 2.94. The standard InChI is InChI=1S/C30H37N3O5S/c1-38-20-12-19-31-30(35)28(21-25-13-6-3-7-14-25)33(23-27-17-10-5-11-18-27)29(34)24-32(39(2,36)37)22-26-15-8-4-9-16-26/h3-11,13-18,28H,12,19-24H2,1-2H3,(H,31,35)/t28-/m1/s1. The molecule has 0 unspecified atom stereocenters. The Bertz CT molecular complexity index is 1270. The van der Waals surface area contributed by atoms with Gasteiger partial charge in [0.1, 0.15) is 6.04 Å². The van der Waals surface area contributed by atoms with Crippen molar-refractivity contribution in [1.82, 2.24) is 14.5 Å². The third-order valence-corrected chi connectivity index (χ3v) is 7.47. The number of benzene rings is 3. The molecule has 3 aromatic carbocycles. The van der Waals surface area contributed by atoms with E-state index in [0.29, 0.717) is 19.6 Å². The van der Waals surface area contributed by atoms with Crippen molar-refractivity contribution in [3.63, 3.8) is 0 Å². The smallest absolute Gasteiger partial charge is 0.243 e. The molecule has 0 fully saturated rings. The number of hydrogen-bond acceptors (Lipinski definition) is 5. The van der Waals surface area contributed by atoms with Crippen molar-refractivity contribution >= 4 is 21.8 Å². The molecule has 39 heavy (non-hydrogen) atoms. The number of hydrogen-bond donors (Lipinski definition) is 1. The third-order valence-electron chi connectivity index (χ3n) is 6.27. The molecule has 0 radical (unpaired) electrons. The molecule has 0 aliphatic carbocycles. The van der Waals surface area contributed by atoms with Gasteiger partial charge in [-0.1, -0.05) is 91.0 Å². The van der Waals surface area contributed by atoms with Gasteiger partial charge in [-0.25, -0.2) is 8.42 Å². The first kappa shape index (κ1) is 30.0. The summed E-state index contributed by atoms with van der Waals surface area (Å²) in [6, 6.07) is 27.1. The Morgan fingerprint density at radius 3 is 1.85 bits per heavy atom. The quantitative estimate of drug-likeness (QED) is 0.293. The number of methoxy groups -OCH3 is 1. The van der Waals surface area contributed by atoms with Gasteiger partial charge < -0.3 is 15.0 Å². The van der Waals surface area contributed by atoms with Gasteiger partial charge in [-0.05, 0) is 23.1 Å². The summed E-state index contributed by atoms with van der Waals surface area (Å²) in [5.41, 5.74) is 2.50. The van der Waals surface area contributed by atoms with E-state index in [1.807, 2.05) is 91.0 Å². The van der Waals surface area contributed by atoms with Crippen LogP contribution in [0.3, 0.4) is 0 Å². The number of ether oxygens (including phenoxy) is 1. The molecule has 1 N–H and O–H groups in total. The molecule has 208 valence electrons. The average molecular weight is 552 g/mol. The Labute approximate surface area is 231 Å². The molecule has 9 heteroatoms. The molecular weight excluding hydrogens is 514 g/mol. The molecule has 0 aliphatic rings. The van der Waals surface area contributed by atoms with Gasteiger partial charge in [-0.15, -0.1) is 0 Å². The summed E-state index contributed by atoms with van der Waals surface area (Å²) < 4.78 is 31.7. The van der Waals surface area contributed by atoms with Gasteiger partial charge in [-0.3, -0.25) is 9.59 Å². The highest BCUT2D eigenvalue weighted by Gasteiger charge is 2.32. The SMILES string of the molecule is COCCCNC(=O)[C@@H](Cc1ccccc1)N(Cc1ccccc1)C(=O)CN(Cc1ccccc1)S(C)(=O)=O. The van der Waals surface area contributed by atoms with Crippen molar-refractivity contribution in [2.45, 2.75) is 32.0 Å². The van der Waals surface area contributed by atoms with Crippen LogP contribution >= 0.6 is 0 Å². The van der Waals surface area contributed by atoms with Crippen LogP contribution in [0.15, 0.2) is 91.0 Å². The fraction of sp³-hybridized carbons (Fsp3) is 0.333. The van der Waals surface area contributed by atoms with Gasteiger partial charge in [0, 0.05) is 39.8 Å². The predicted octanol–water partition coefficient (Wildman–Crippen LogP) is 3.24. The van der Waals surface area contributed by atoms with Gasteiger partial charge in [0.2, 0.25) is 21.8 Å². The van der Waals surface area contributed by atoms with E-state index in [9.17, 15) is 18.0 Å². The zero-order valence-electron chi connectivity index (χ0n) is 22.5. The predicted molar refractivity (Wildman–Crippen MR) is 152 cm³/mol. The summed E-state index contributed by atoms with van der Waals surface area (Å²) >= 11 is 0. The molecule has 0 saturated heterocycles. The second kappa shape index (κ2) is 15.2. The number of carbonyl (C=O) groups is 2. The maximum atomic E-state index is 13.9. The second-order valence-corrected chi connectivity index (χ2v) is 11.3. The fourth-order valence-corrected chi connectivity index (χ4v) is 4.93. The Morgan fingerprint density at radius 2 is 1.33 bits per heavy atom. The lowest BCUT2D eigenvalue weighted by atomic mass is 10.0. The van der Waals surface area contributed by atoms with Crippen LogP contribution < -0.4 is 5.32 Å². The van der Waals surface area contributed by atoms with Gasteiger partial charge in [-0.2, -0.15) is 4.31 Å². The molecule has 3 rings (SSSR count). The van der Waals surface area contributed by atoms with Crippen LogP contribution in [0.25, 0.3) is 0 Å². The van der Waals surface area contributed by atoms with Crippen molar-refractivity contribution in [2.75, 3.05) is 33.1 Å². The van der Waals surface area contributed by atoms with Crippen LogP contribution in [0.2, 0.25) is 0 Å². The Balaban J connectivity index is 1.93. The first-order chi connectivity index (χ1) is 18.8. The van der Waals surface area contributed by atoms with E-state index < -0.39 is 22.0 Å². The lowest BCUT2D eigenvalue weighted by Crippen LogP contribution is -2.53. The zero-order valence-corrected chi connectivity index (χ0v) is 23.3. The van der Waals surface area contributed by atoms with Crippen molar-refractivity contribution in [1.29, 1.82) is 0 Å². The van der Waals surface area contributed by atoms with Gasteiger partial charge >= 0.3 is 0 Å². The van der Waals surface area contributed by atoms with E-state index in [1.165, 1.54) is 4.90 Å². The maximum Gasteiger partial charge on any atom is 0.243 e. The number of rotatable bonds is 15. The van der Waals surface area contributed by atoms with Crippen LogP contribution in [0.1, 0.15) is 23.1 Å². The van der Waals surface area contributed by atoms with E-state index in [2.05, 4.69) is 5.32 Å². The molecule has 0 saturated carbocycles. The molecule has 8 nitrogen and oxygen atoms in total. The Hall–Kier alpha value is -3.53. The molecule has 0 aliphatic heterocycles. The van der Waals surface area contributed by atoms with E-state index in [0.717, 1.165) is 27.3 Å². The summed E-state index contributed by atoms with van der Waals surface area (Å²) in [6.07, 6.45) is 2.01. The van der Waals surface area contributed by atoms with Crippen molar-refractivity contribution in [3.05, 3.63) is 108 Å². The minimum Gasteiger partial charge on any atom is -0.385 e. The number of sulfonamides is 1. The Kier molecular flexibility index (Phi) is 11.7. The normalized spacial score (nSPS) is 12.2. The monoisotopic (exact) mass is 551 g/mol. The van der Waals surface area contributed by atoms with Crippen molar-refractivity contribution < 1.29 is 22.7 Å². The Morgan fingerprint density at radius 1 is 0.821 bits per heavy atom. The molecular formula is C30H37N3O5S. The van der Waals surface area contributed by atoms with E-state index in [1.54, 1.807) is 7.11 Å². The van der Waals surface area contributed by atoms with Crippen LogP contribution in [0, 0.1) is 0 Å². The molecule has 0 heterocycles. The molecule has 0 spiro atoms. The topological polar surface area (TPSA) is 96.0 Å². The van der Waals surface area contributed by atoms with Crippen molar-refractivity contribution in [3.8, 4) is 0 Å². The first-order valence-electron chi connectivity index (χ1n) is 12.9. The lowest BCUT2D eigenvalue weighted by Gasteiger charge is -2.33. The minimum absolute atomic E-state index is 0.0527. The van der Waals surface area contributed by atoms with Crippen LogP contribution in [-0.4, -0.2) is 68.5 Å². The molecule has 0 bridgehead atoms. The number of nitrogens with zero attached hydrogens (tertiary/aromatic N) is 2. The highest BCUT2D eigenvalue weighted by atomic mass is 32.2. The number of carbonyl (C=O) groups excluding carboxylic acids is 2. The average Bonchev–Trinajstić information content (AvgIpc) is 2.93. The third kappa shape index (κ3) is 9.94. The van der Waals surface area contributed by atoms with Crippen LogP contribution in [0.4, 0.5) is 0 Å². The highest BCUT2D eigenvalue weighted by Crippen LogP contribution is 2.17. The lowest BCUT2D eigenvalue weighted by molar-refractivity contribution is -0.141. The van der Waals surface area contributed by atoms with Crippen LogP contribution in [-0.2, 0) is 43.9 Å². The minimum atomic E-state index is -3.72. The molecule has 2 amide bonds. The van der Waals surface area contributed by atoms with Gasteiger partial charge in [0.15, 0.2) is 0 Å². The summed E-state index contributed by atoms with van der Waals surface area (Å²) in [5.74, 6) is -0.749. The van der Waals surface area contributed by atoms with Crippen molar-refractivity contribution in [2.24, 2.45) is 0 Å². The summed E-state index contributed by atoms with van der Waals surface area (Å²) in [4.78, 5) is 29.0. The van der Waals surface area contributed by atoms with E-state index in [4.69, 9.17) is 4.74 Å². The fourth-order valence-electron chi connectivity index (χ4n) is 4.20. The van der Waals surface area contributed by atoms with E-state index >= 15 is 0 Å².